The topological polar surface area (TPSA) is 26.3 Å². The van der Waals surface area contributed by atoms with Crippen LogP contribution in [-0.4, -0.2) is 17.5 Å². The number of unbranched alkanes of at least 4 members (excludes halogenated alkanes) is 8. The summed E-state index contributed by atoms with van der Waals surface area (Å²) in [6.07, 6.45) is 11.6. The van der Waals surface area contributed by atoms with Crippen molar-refractivity contribution in [2.75, 3.05) is 12.4 Å². The molecule has 0 aromatic heterocycles. The summed E-state index contributed by atoms with van der Waals surface area (Å²) in [4.78, 5) is 10.8. The zero-order valence-corrected chi connectivity index (χ0v) is 15.4. The van der Waals surface area contributed by atoms with Gasteiger partial charge in [0, 0.05) is 19.3 Å². The second kappa shape index (κ2) is 14.8. The van der Waals surface area contributed by atoms with Crippen molar-refractivity contribution in [1.29, 1.82) is 0 Å². The zero-order valence-electron chi connectivity index (χ0n) is 14.6. The van der Waals surface area contributed by atoms with E-state index in [0.717, 1.165) is 19.0 Å². The SMILES string of the molecule is CC(=O)SCCCCCCCCCCCOCc1ccccc1. The lowest BCUT2D eigenvalue weighted by molar-refractivity contribution is -0.109. The first-order chi connectivity index (χ1) is 11.3. The molecule has 0 radical (unpaired) electrons. The Morgan fingerprint density at radius 2 is 1.43 bits per heavy atom. The number of benzene rings is 1. The Bertz CT molecular complexity index is 392. The van der Waals surface area contributed by atoms with Crippen molar-refractivity contribution in [1.82, 2.24) is 0 Å². The van der Waals surface area contributed by atoms with Crippen LogP contribution in [0.1, 0.15) is 70.3 Å². The molecule has 0 saturated heterocycles. The van der Waals surface area contributed by atoms with Gasteiger partial charge in [-0.25, -0.2) is 0 Å². The molecule has 0 aliphatic carbocycles. The first-order valence-electron chi connectivity index (χ1n) is 9.04. The summed E-state index contributed by atoms with van der Waals surface area (Å²) < 4.78 is 5.69. The molecule has 0 aliphatic heterocycles. The molecule has 23 heavy (non-hydrogen) atoms. The van der Waals surface area contributed by atoms with Crippen LogP contribution in [0.25, 0.3) is 0 Å². The van der Waals surface area contributed by atoms with Gasteiger partial charge in [0.1, 0.15) is 0 Å². The minimum Gasteiger partial charge on any atom is -0.377 e. The number of ether oxygens (including phenoxy) is 1. The molecule has 0 unspecified atom stereocenters. The van der Waals surface area contributed by atoms with Crippen LogP contribution < -0.4 is 0 Å². The number of carbonyl (C=O) groups is 1. The van der Waals surface area contributed by atoms with Crippen LogP contribution in [0.2, 0.25) is 0 Å². The number of hydrogen-bond acceptors (Lipinski definition) is 3. The van der Waals surface area contributed by atoms with Crippen molar-refractivity contribution < 1.29 is 9.53 Å². The predicted molar refractivity (Wildman–Crippen MR) is 101 cm³/mol. The molecule has 1 rings (SSSR count). The van der Waals surface area contributed by atoms with E-state index in [-0.39, 0.29) is 5.12 Å². The van der Waals surface area contributed by atoms with Gasteiger partial charge in [-0.05, 0) is 18.4 Å². The Morgan fingerprint density at radius 3 is 2.04 bits per heavy atom. The summed E-state index contributed by atoms with van der Waals surface area (Å²) in [5.74, 6) is 0.998. The average molecular weight is 337 g/mol. The van der Waals surface area contributed by atoms with E-state index < -0.39 is 0 Å². The molecule has 1 aromatic carbocycles. The average Bonchev–Trinajstić information content (AvgIpc) is 2.56. The maximum absolute atomic E-state index is 10.8. The smallest absolute Gasteiger partial charge is 0.185 e. The Hall–Kier alpha value is -0.800. The normalized spacial score (nSPS) is 10.8. The van der Waals surface area contributed by atoms with Crippen LogP contribution in [0, 0.1) is 0 Å². The highest BCUT2D eigenvalue weighted by atomic mass is 32.2. The second-order valence-corrected chi connectivity index (χ2v) is 7.33. The molecule has 0 atom stereocenters. The number of thioether (sulfide) groups is 1. The summed E-state index contributed by atoms with van der Waals surface area (Å²) in [5, 5.41) is 0.248. The van der Waals surface area contributed by atoms with Crippen molar-refractivity contribution in [3.05, 3.63) is 35.9 Å². The lowest BCUT2D eigenvalue weighted by Crippen LogP contribution is -1.95. The van der Waals surface area contributed by atoms with Gasteiger partial charge >= 0.3 is 0 Å². The summed E-state index contributed by atoms with van der Waals surface area (Å²) in [5.41, 5.74) is 1.26. The minimum absolute atomic E-state index is 0.248. The maximum atomic E-state index is 10.8. The molecule has 3 heteroatoms. The van der Waals surface area contributed by atoms with Gasteiger partial charge in [-0.1, -0.05) is 87.0 Å². The number of hydrogen-bond donors (Lipinski definition) is 0. The summed E-state index contributed by atoms with van der Waals surface area (Å²) in [6.45, 7) is 3.27. The molecule has 1 aromatic rings. The van der Waals surface area contributed by atoms with E-state index in [1.165, 1.54) is 75.1 Å². The molecule has 130 valence electrons. The van der Waals surface area contributed by atoms with Gasteiger partial charge in [0.05, 0.1) is 6.61 Å². The largest absolute Gasteiger partial charge is 0.377 e. The quantitative estimate of drug-likeness (QED) is 0.390. The predicted octanol–water partition coefficient (Wildman–Crippen LogP) is 5.99. The molecule has 2 nitrogen and oxygen atoms in total. The summed E-state index contributed by atoms with van der Waals surface area (Å²) in [7, 11) is 0. The van der Waals surface area contributed by atoms with Gasteiger partial charge in [-0.15, -0.1) is 0 Å². The molecule has 0 aliphatic rings. The van der Waals surface area contributed by atoms with Gasteiger partial charge in [0.2, 0.25) is 0 Å². The highest BCUT2D eigenvalue weighted by molar-refractivity contribution is 8.13. The molecule has 0 N–H and O–H groups in total. The molecular formula is C20H32O2S. The van der Waals surface area contributed by atoms with Crippen molar-refractivity contribution >= 4 is 16.9 Å². The van der Waals surface area contributed by atoms with E-state index >= 15 is 0 Å². The minimum atomic E-state index is 0.248. The number of rotatable bonds is 14. The van der Waals surface area contributed by atoms with E-state index in [0.29, 0.717) is 0 Å². The van der Waals surface area contributed by atoms with Gasteiger partial charge in [0.25, 0.3) is 0 Å². The highest BCUT2D eigenvalue weighted by Gasteiger charge is 1.96. The standard InChI is InChI=1S/C20H32O2S/c1-19(21)23-17-13-8-6-4-2-3-5-7-12-16-22-18-20-14-10-9-11-15-20/h9-11,14-15H,2-8,12-13,16-18H2,1H3. The molecular weight excluding hydrogens is 304 g/mol. The van der Waals surface area contributed by atoms with Crippen molar-refractivity contribution in [3.63, 3.8) is 0 Å². The number of carbonyl (C=O) groups excluding carboxylic acids is 1. The Balaban J connectivity index is 1.74. The monoisotopic (exact) mass is 336 g/mol. The van der Waals surface area contributed by atoms with E-state index in [1.807, 2.05) is 6.07 Å². The fraction of sp³-hybridized carbons (Fsp3) is 0.650. The fourth-order valence-electron chi connectivity index (χ4n) is 2.52. The van der Waals surface area contributed by atoms with Gasteiger partial charge in [0.15, 0.2) is 5.12 Å². The first-order valence-corrected chi connectivity index (χ1v) is 10.0. The highest BCUT2D eigenvalue weighted by Crippen LogP contribution is 2.12. The molecule has 0 fully saturated rings. The second-order valence-electron chi connectivity index (χ2n) is 6.06. The summed E-state index contributed by atoms with van der Waals surface area (Å²) in [6, 6.07) is 10.4. The lowest BCUT2D eigenvalue weighted by atomic mass is 10.1. The molecule has 0 amide bonds. The third kappa shape index (κ3) is 13.3. The van der Waals surface area contributed by atoms with Crippen molar-refractivity contribution in [2.24, 2.45) is 0 Å². The van der Waals surface area contributed by atoms with Gasteiger partial charge in [-0.3, -0.25) is 4.79 Å². The Morgan fingerprint density at radius 1 is 0.870 bits per heavy atom. The van der Waals surface area contributed by atoms with E-state index in [1.54, 1.807) is 6.92 Å². The first kappa shape index (κ1) is 20.2. The van der Waals surface area contributed by atoms with Crippen LogP contribution in [0.5, 0.6) is 0 Å². The van der Waals surface area contributed by atoms with Crippen LogP contribution in [0.15, 0.2) is 30.3 Å². The van der Waals surface area contributed by atoms with E-state index in [2.05, 4.69) is 24.3 Å². The van der Waals surface area contributed by atoms with Crippen molar-refractivity contribution in [3.8, 4) is 0 Å². The van der Waals surface area contributed by atoms with Crippen LogP contribution in [0.4, 0.5) is 0 Å². The van der Waals surface area contributed by atoms with Gasteiger partial charge < -0.3 is 4.74 Å². The molecule has 0 spiro atoms. The zero-order chi connectivity index (χ0) is 16.6. The molecule has 0 heterocycles. The maximum Gasteiger partial charge on any atom is 0.185 e. The van der Waals surface area contributed by atoms with Crippen LogP contribution in [0.3, 0.4) is 0 Å². The Kier molecular flexibility index (Phi) is 13.0. The third-order valence-corrected chi connectivity index (χ3v) is 4.75. The lowest BCUT2D eigenvalue weighted by Gasteiger charge is -2.05. The van der Waals surface area contributed by atoms with E-state index in [4.69, 9.17) is 4.74 Å². The summed E-state index contributed by atoms with van der Waals surface area (Å²) >= 11 is 1.46. The van der Waals surface area contributed by atoms with Crippen LogP contribution >= 0.6 is 11.8 Å². The molecule has 0 saturated carbocycles. The molecule has 0 bridgehead atoms. The fourth-order valence-corrected chi connectivity index (χ4v) is 3.16. The van der Waals surface area contributed by atoms with Crippen LogP contribution in [-0.2, 0) is 16.1 Å². The van der Waals surface area contributed by atoms with Crippen molar-refractivity contribution in [2.45, 2.75) is 71.3 Å². The van der Waals surface area contributed by atoms with Gasteiger partial charge in [-0.2, -0.15) is 0 Å². The third-order valence-electron chi connectivity index (χ3n) is 3.85. The van der Waals surface area contributed by atoms with E-state index in [9.17, 15) is 4.79 Å². The Labute approximate surface area is 146 Å².